The summed E-state index contributed by atoms with van der Waals surface area (Å²) in [7, 11) is 0. The molecule has 24 heavy (non-hydrogen) atoms. The van der Waals surface area contributed by atoms with E-state index >= 15 is 0 Å². The Morgan fingerprint density at radius 3 is 2.75 bits per heavy atom. The van der Waals surface area contributed by atoms with E-state index in [1.54, 1.807) is 19.1 Å². The van der Waals surface area contributed by atoms with E-state index in [4.69, 9.17) is 22.8 Å². The number of alkyl halides is 2. The van der Waals surface area contributed by atoms with Crippen molar-refractivity contribution < 1.29 is 46.2 Å². The van der Waals surface area contributed by atoms with Crippen molar-refractivity contribution in [2.75, 3.05) is 6.61 Å². The average Bonchev–Trinajstić information content (AvgIpc) is 2.50. The first kappa shape index (κ1) is 20.8. The summed E-state index contributed by atoms with van der Waals surface area (Å²) in [5.74, 6) is 2.78. The normalized spacial score (nSPS) is 10.2. The van der Waals surface area contributed by atoms with Crippen LogP contribution >= 0.6 is 11.6 Å². The number of rotatable bonds is 5. The number of hydrogen-bond acceptors (Lipinski definition) is 2. The van der Waals surface area contributed by atoms with Crippen LogP contribution in [-0.4, -0.2) is 17.6 Å². The standard InChI is InChI=1S/C17H13ClF2NO2.Y/c1-3-8-23-12-5-6-13(14(18)9-12)15-7-4-11(2)17(22)21(15)10-16(19)20;/h1,4-6,9,16H,8,10H2,2H3;/q-1;. The smallest absolute Gasteiger partial charge is 0.256 e. The van der Waals surface area contributed by atoms with Crippen molar-refractivity contribution in [3.05, 3.63) is 51.3 Å². The number of halogens is 3. The maximum absolute atomic E-state index is 12.8. The fraction of sp³-hybridized carbons (Fsp3) is 0.235. The van der Waals surface area contributed by atoms with Gasteiger partial charge in [-0.05, 0) is 17.2 Å². The number of nitrogens with zero attached hydrogens (tertiary/aromatic N) is 1. The van der Waals surface area contributed by atoms with Gasteiger partial charge in [-0.1, -0.05) is 41.3 Å². The van der Waals surface area contributed by atoms with E-state index < -0.39 is 18.5 Å². The summed E-state index contributed by atoms with van der Waals surface area (Å²) in [5, 5.41) is 0.252. The number of hydrogen-bond donors (Lipinski definition) is 0. The monoisotopic (exact) mass is 425 g/mol. The molecule has 0 saturated heterocycles. The average molecular weight is 426 g/mol. The van der Waals surface area contributed by atoms with E-state index in [1.807, 2.05) is 0 Å². The van der Waals surface area contributed by atoms with Crippen LogP contribution in [0.15, 0.2) is 29.1 Å². The van der Waals surface area contributed by atoms with E-state index in [-0.39, 0.29) is 50.0 Å². The summed E-state index contributed by atoms with van der Waals surface area (Å²) in [5.41, 5.74) is 0.453. The van der Waals surface area contributed by atoms with Crippen LogP contribution < -0.4 is 10.3 Å². The molecule has 0 atom stereocenters. The first-order chi connectivity index (χ1) is 10.9. The van der Waals surface area contributed by atoms with E-state index in [9.17, 15) is 13.6 Å². The molecular weight excluding hydrogens is 413 g/mol. The third kappa shape index (κ3) is 4.89. The molecule has 0 spiro atoms. The Balaban J connectivity index is 0.00000288. The van der Waals surface area contributed by atoms with Crippen LogP contribution in [0.4, 0.5) is 8.78 Å². The third-order valence-corrected chi connectivity index (χ3v) is 3.43. The zero-order valence-corrected chi connectivity index (χ0v) is 16.4. The van der Waals surface area contributed by atoms with Gasteiger partial charge < -0.3 is 9.30 Å². The first-order valence-corrected chi connectivity index (χ1v) is 7.08. The number of aromatic nitrogens is 1. The maximum Gasteiger partial charge on any atom is 0.256 e. The molecular formula is C17H13ClF2NO2Y-. The zero-order valence-electron chi connectivity index (χ0n) is 12.9. The van der Waals surface area contributed by atoms with Crippen molar-refractivity contribution >= 4 is 11.6 Å². The fourth-order valence-electron chi connectivity index (χ4n) is 2.07. The quantitative estimate of drug-likeness (QED) is 0.542. The summed E-state index contributed by atoms with van der Waals surface area (Å²) in [6.07, 6.45) is 2.44. The predicted octanol–water partition coefficient (Wildman–Crippen LogP) is 3.55. The molecule has 1 aromatic carbocycles. The summed E-state index contributed by atoms with van der Waals surface area (Å²) in [6, 6.07) is 8.99. The third-order valence-electron chi connectivity index (χ3n) is 3.12. The van der Waals surface area contributed by atoms with Crippen molar-refractivity contribution in [2.45, 2.75) is 19.9 Å². The van der Waals surface area contributed by atoms with Crippen LogP contribution in [0.1, 0.15) is 5.56 Å². The summed E-state index contributed by atoms with van der Waals surface area (Å²) in [6.45, 7) is 0.906. The van der Waals surface area contributed by atoms with Gasteiger partial charge in [-0.15, -0.1) is 12.5 Å². The van der Waals surface area contributed by atoms with Gasteiger partial charge in [-0.25, -0.2) is 8.78 Å². The second kappa shape index (κ2) is 9.31. The molecule has 0 aliphatic rings. The Hall–Kier alpha value is -1.22. The second-order valence-electron chi connectivity index (χ2n) is 4.76. The Bertz CT molecular complexity index is 815. The van der Waals surface area contributed by atoms with Crippen LogP contribution in [0.2, 0.25) is 5.02 Å². The largest absolute Gasteiger partial charge is 0.481 e. The molecule has 3 nitrogen and oxygen atoms in total. The van der Waals surface area contributed by atoms with Crippen molar-refractivity contribution in [1.82, 2.24) is 4.57 Å². The van der Waals surface area contributed by atoms with Gasteiger partial charge in [0.15, 0.2) is 5.56 Å². The van der Waals surface area contributed by atoms with Gasteiger partial charge >= 0.3 is 0 Å². The molecule has 0 amide bonds. The minimum Gasteiger partial charge on any atom is -0.481 e. The van der Waals surface area contributed by atoms with Gasteiger partial charge in [-0.2, -0.15) is 12.1 Å². The zero-order chi connectivity index (χ0) is 17.0. The molecule has 0 N–H and O–H groups in total. The molecule has 0 saturated carbocycles. The minimum absolute atomic E-state index is 0. The summed E-state index contributed by atoms with van der Waals surface area (Å²) < 4.78 is 31.8. The number of aryl methyl sites for hydroxylation is 1. The van der Waals surface area contributed by atoms with Gasteiger partial charge in [0.2, 0.25) is 0 Å². The van der Waals surface area contributed by atoms with Gasteiger partial charge in [0.1, 0.15) is 12.4 Å². The molecule has 0 aliphatic carbocycles. The van der Waals surface area contributed by atoms with E-state index in [0.29, 0.717) is 16.9 Å². The Morgan fingerprint density at radius 2 is 2.17 bits per heavy atom. The minimum atomic E-state index is -2.67. The SMILES string of the molecule is C#CCOc1ccc(-c2[c-]cc(C)c(=O)n2CC(F)F)c(Cl)c1.[Y]. The molecule has 0 unspecified atom stereocenters. The van der Waals surface area contributed by atoms with Crippen molar-refractivity contribution in [3.63, 3.8) is 0 Å². The molecule has 0 aliphatic heterocycles. The van der Waals surface area contributed by atoms with Crippen LogP contribution in [0.25, 0.3) is 11.3 Å². The Kier molecular flexibility index (Phi) is 8.08. The summed E-state index contributed by atoms with van der Waals surface area (Å²) >= 11 is 6.19. The Morgan fingerprint density at radius 1 is 1.46 bits per heavy atom. The maximum atomic E-state index is 12.8. The van der Waals surface area contributed by atoms with E-state index in [0.717, 1.165) is 4.57 Å². The number of pyridine rings is 1. The van der Waals surface area contributed by atoms with Crippen LogP contribution in [0.3, 0.4) is 0 Å². The predicted molar refractivity (Wildman–Crippen MR) is 85.1 cm³/mol. The van der Waals surface area contributed by atoms with Crippen molar-refractivity contribution in [2.24, 2.45) is 0 Å². The van der Waals surface area contributed by atoms with E-state index in [1.165, 1.54) is 12.1 Å². The molecule has 0 bridgehead atoms. The molecule has 1 aromatic heterocycles. The van der Waals surface area contributed by atoms with Crippen LogP contribution in [0, 0.1) is 25.3 Å². The van der Waals surface area contributed by atoms with Gasteiger partial charge in [0.25, 0.3) is 6.43 Å². The van der Waals surface area contributed by atoms with Gasteiger partial charge in [0.05, 0.1) is 6.54 Å². The Labute approximate surface area is 168 Å². The molecule has 0 fully saturated rings. The van der Waals surface area contributed by atoms with Gasteiger partial charge in [0, 0.05) is 32.7 Å². The molecule has 1 heterocycles. The van der Waals surface area contributed by atoms with Crippen LogP contribution in [-0.2, 0) is 39.3 Å². The van der Waals surface area contributed by atoms with Crippen molar-refractivity contribution in [3.8, 4) is 29.4 Å². The number of benzene rings is 1. The summed E-state index contributed by atoms with van der Waals surface area (Å²) in [4.78, 5) is 12.1. The van der Waals surface area contributed by atoms with Crippen LogP contribution in [0.5, 0.6) is 5.75 Å². The van der Waals surface area contributed by atoms with Crippen molar-refractivity contribution in [1.29, 1.82) is 0 Å². The first-order valence-electron chi connectivity index (χ1n) is 6.70. The van der Waals surface area contributed by atoms with E-state index in [2.05, 4.69) is 12.0 Å². The molecule has 2 rings (SSSR count). The second-order valence-corrected chi connectivity index (χ2v) is 5.17. The van der Waals surface area contributed by atoms with Gasteiger partial charge in [-0.3, -0.25) is 4.79 Å². The molecule has 123 valence electrons. The topological polar surface area (TPSA) is 31.2 Å². The molecule has 7 heteroatoms. The number of terminal acetylenes is 1. The molecule has 1 radical (unpaired) electrons. The molecule has 2 aromatic rings. The number of ether oxygens (including phenoxy) is 1. The fourth-order valence-corrected chi connectivity index (χ4v) is 2.33.